The van der Waals surface area contributed by atoms with Gasteiger partial charge in [0, 0.05) is 13.1 Å². The van der Waals surface area contributed by atoms with Gasteiger partial charge in [0.2, 0.25) is 5.91 Å². The molecule has 2 atom stereocenters. The molecule has 0 spiro atoms. The first kappa shape index (κ1) is 14.0. The molecule has 2 unspecified atom stereocenters. The highest BCUT2D eigenvalue weighted by Gasteiger charge is 2.23. The molecule has 0 aromatic heterocycles. The average Bonchev–Trinajstić information content (AvgIpc) is 2.37. The van der Waals surface area contributed by atoms with E-state index < -0.39 is 5.38 Å². The lowest BCUT2D eigenvalue weighted by Crippen LogP contribution is -2.37. The molecule has 1 rings (SSSR count). The van der Waals surface area contributed by atoms with Crippen molar-refractivity contribution in [2.45, 2.75) is 38.1 Å². The van der Waals surface area contributed by atoms with Gasteiger partial charge in [-0.05, 0) is 18.9 Å². The molecule has 0 radical (unpaired) electrons. The Morgan fingerprint density at radius 2 is 1.94 bits per heavy atom. The number of hydrogen-bond donors (Lipinski definition) is 0. The smallest absolute Gasteiger partial charge is 0.245 e. The monoisotopic (exact) mass is 253 g/mol. The van der Waals surface area contributed by atoms with Gasteiger partial charge < -0.3 is 4.90 Å². The first-order valence-electron chi connectivity index (χ1n) is 6.03. The molecule has 0 aliphatic heterocycles. The van der Waals surface area contributed by atoms with Crippen molar-refractivity contribution < 1.29 is 4.79 Å². The van der Waals surface area contributed by atoms with Gasteiger partial charge >= 0.3 is 0 Å². The maximum atomic E-state index is 12.2. The lowest BCUT2D eigenvalue weighted by atomic mass is 10.1. The van der Waals surface area contributed by atoms with Crippen molar-refractivity contribution in [3.8, 4) is 0 Å². The van der Waals surface area contributed by atoms with Crippen LogP contribution in [0.1, 0.15) is 37.6 Å². The topological polar surface area (TPSA) is 20.3 Å². The summed E-state index contributed by atoms with van der Waals surface area (Å²) in [6.45, 7) is 4.17. The fourth-order valence-corrected chi connectivity index (χ4v) is 2.07. The summed E-state index contributed by atoms with van der Waals surface area (Å²) in [6, 6.07) is 9.71. The SMILES string of the molecule is CCCC(C)N(C)C(=O)C(Cl)c1ccccc1. The van der Waals surface area contributed by atoms with Crippen LogP contribution in [0.5, 0.6) is 0 Å². The van der Waals surface area contributed by atoms with Crippen LogP contribution in [0, 0.1) is 0 Å². The number of halogens is 1. The summed E-state index contributed by atoms with van der Waals surface area (Å²) in [6.07, 6.45) is 2.07. The van der Waals surface area contributed by atoms with E-state index in [1.165, 1.54) is 0 Å². The third-order valence-corrected chi connectivity index (χ3v) is 3.46. The third-order valence-electron chi connectivity index (χ3n) is 3.02. The van der Waals surface area contributed by atoms with Crippen LogP contribution in [0.4, 0.5) is 0 Å². The maximum absolute atomic E-state index is 12.2. The fourth-order valence-electron chi connectivity index (χ4n) is 1.77. The van der Waals surface area contributed by atoms with E-state index in [0.29, 0.717) is 0 Å². The second kappa shape index (κ2) is 6.65. The second-order valence-corrected chi connectivity index (χ2v) is 4.80. The number of carbonyl (C=O) groups excluding carboxylic acids is 1. The number of benzene rings is 1. The van der Waals surface area contributed by atoms with Crippen molar-refractivity contribution in [1.29, 1.82) is 0 Å². The molecule has 1 aromatic rings. The molecule has 0 bridgehead atoms. The zero-order chi connectivity index (χ0) is 12.8. The molecule has 0 saturated carbocycles. The Kier molecular flexibility index (Phi) is 5.49. The van der Waals surface area contributed by atoms with Crippen LogP contribution in [-0.2, 0) is 4.79 Å². The standard InChI is InChI=1S/C14H20ClNO/c1-4-8-11(2)16(3)14(17)13(15)12-9-6-5-7-10-12/h5-7,9-11,13H,4,8H2,1-3H3. The first-order valence-corrected chi connectivity index (χ1v) is 6.47. The number of rotatable bonds is 5. The van der Waals surface area contributed by atoms with E-state index in [0.717, 1.165) is 18.4 Å². The highest BCUT2D eigenvalue weighted by Crippen LogP contribution is 2.23. The van der Waals surface area contributed by atoms with Crippen LogP contribution in [0.15, 0.2) is 30.3 Å². The van der Waals surface area contributed by atoms with Gasteiger partial charge in [-0.25, -0.2) is 0 Å². The van der Waals surface area contributed by atoms with Crippen molar-refractivity contribution >= 4 is 17.5 Å². The highest BCUT2D eigenvalue weighted by atomic mass is 35.5. The van der Waals surface area contributed by atoms with Crippen molar-refractivity contribution in [1.82, 2.24) is 4.90 Å². The number of nitrogens with zero attached hydrogens (tertiary/aromatic N) is 1. The molecular weight excluding hydrogens is 234 g/mol. The zero-order valence-electron chi connectivity index (χ0n) is 10.7. The van der Waals surface area contributed by atoms with Gasteiger partial charge in [-0.1, -0.05) is 43.7 Å². The van der Waals surface area contributed by atoms with E-state index >= 15 is 0 Å². The van der Waals surface area contributed by atoms with Gasteiger partial charge in [0.15, 0.2) is 0 Å². The Labute approximate surface area is 109 Å². The van der Waals surface area contributed by atoms with E-state index in [2.05, 4.69) is 13.8 Å². The van der Waals surface area contributed by atoms with Crippen LogP contribution in [0.25, 0.3) is 0 Å². The molecular formula is C14H20ClNO. The largest absolute Gasteiger partial charge is 0.341 e. The van der Waals surface area contributed by atoms with E-state index in [1.54, 1.807) is 4.90 Å². The number of alkyl halides is 1. The van der Waals surface area contributed by atoms with Gasteiger partial charge in [0.1, 0.15) is 5.38 Å². The molecule has 0 fully saturated rings. The number of hydrogen-bond acceptors (Lipinski definition) is 1. The quantitative estimate of drug-likeness (QED) is 0.734. The second-order valence-electron chi connectivity index (χ2n) is 4.36. The lowest BCUT2D eigenvalue weighted by Gasteiger charge is -2.26. The highest BCUT2D eigenvalue weighted by molar-refractivity contribution is 6.30. The molecule has 0 heterocycles. The first-order chi connectivity index (χ1) is 8.07. The average molecular weight is 254 g/mol. The molecule has 1 amide bonds. The Morgan fingerprint density at radius 1 is 1.35 bits per heavy atom. The Bertz CT molecular complexity index is 352. The molecule has 0 saturated heterocycles. The summed E-state index contributed by atoms with van der Waals surface area (Å²) in [5.74, 6) is -0.0289. The van der Waals surface area contributed by atoms with Gasteiger partial charge in [0.25, 0.3) is 0 Å². The van der Waals surface area contributed by atoms with E-state index in [-0.39, 0.29) is 11.9 Å². The van der Waals surface area contributed by atoms with E-state index in [1.807, 2.05) is 37.4 Å². The maximum Gasteiger partial charge on any atom is 0.245 e. The van der Waals surface area contributed by atoms with E-state index in [4.69, 9.17) is 11.6 Å². The van der Waals surface area contributed by atoms with Crippen LogP contribution in [-0.4, -0.2) is 23.9 Å². The summed E-state index contributed by atoms with van der Waals surface area (Å²) < 4.78 is 0. The minimum atomic E-state index is -0.583. The Morgan fingerprint density at radius 3 is 2.47 bits per heavy atom. The van der Waals surface area contributed by atoms with Crippen LogP contribution in [0.3, 0.4) is 0 Å². The summed E-state index contributed by atoms with van der Waals surface area (Å²) >= 11 is 6.20. The van der Waals surface area contributed by atoms with Crippen LogP contribution < -0.4 is 0 Å². The van der Waals surface area contributed by atoms with Gasteiger partial charge in [-0.3, -0.25) is 4.79 Å². The predicted molar refractivity (Wildman–Crippen MR) is 72.2 cm³/mol. The lowest BCUT2D eigenvalue weighted by molar-refractivity contribution is -0.131. The summed E-state index contributed by atoms with van der Waals surface area (Å²) in [5, 5.41) is -0.583. The minimum Gasteiger partial charge on any atom is -0.341 e. The normalized spacial score (nSPS) is 14.1. The Balaban J connectivity index is 2.70. The molecule has 2 nitrogen and oxygen atoms in total. The number of carbonyl (C=O) groups is 1. The van der Waals surface area contributed by atoms with Gasteiger partial charge in [-0.15, -0.1) is 11.6 Å². The fraction of sp³-hybridized carbons (Fsp3) is 0.500. The predicted octanol–water partition coefficient (Wildman–Crippen LogP) is 3.61. The van der Waals surface area contributed by atoms with Crippen molar-refractivity contribution in [3.05, 3.63) is 35.9 Å². The molecule has 0 aliphatic carbocycles. The van der Waals surface area contributed by atoms with Crippen LogP contribution >= 0.6 is 11.6 Å². The molecule has 1 aromatic carbocycles. The third kappa shape index (κ3) is 3.74. The molecule has 0 aliphatic rings. The number of likely N-dealkylation sites (N-methyl/N-ethyl adjacent to an activating group) is 1. The molecule has 0 N–H and O–H groups in total. The molecule has 17 heavy (non-hydrogen) atoms. The van der Waals surface area contributed by atoms with Crippen molar-refractivity contribution in [3.63, 3.8) is 0 Å². The van der Waals surface area contributed by atoms with E-state index in [9.17, 15) is 4.79 Å². The minimum absolute atomic E-state index is 0.0289. The molecule has 94 valence electrons. The van der Waals surface area contributed by atoms with Gasteiger partial charge in [0.05, 0.1) is 0 Å². The Hall–Kier alpha value is -1.02. The zero-order valence-corrected chi connectivity index (χ0v) is 11.4. The van der Waals surface area contributed by atoms with Crippen molar-refractivity contribution in [2.24, 2.45) is 0 Å². The van der Waals surface area contributed by atoms with Crippen LogP contribution in [0.2, 0.25) is 0 Å². The molecule has 3 heteroatoms. The summed E-state index contributed by atoms with van der Waals surface area (Å²) in [7, 11) is 1.82. The summed E-state index contributed by atoms with van der Waals surface area (Å²) in [4.78, 5) is 13.9. The number of amides is 1. The summed E-state index contributed by atoms with van der Waals surface area (Å²) in [5.41, 5.74) is 0.856. The van der Waals surface area contributed by atoms with Crippen molar-refractivity contribution in [2.75, 3.05) is 7.05 Å². The van der Waals surface area contributed by atoms with Gasteiger partial charge in [-0.2, -0.15) is 0 Å².